The summed E-state index contributed by atoms with van der Waals surface area (Å²) in [6.45, 7) is 1.40. The number of anilines is 1. The Hall–Kier alpha value is -1.27. The van der Waals surface area contributed by atoms with Crippen LogP contribution in [-0.4, -0.2) is 33.4 Å². The third kappa shape index (κ3) is 4.22. The second kappa shape index (κ2) is 7.74. The standard InChI is InChI=1S/C18H20BrClN2O2/c1-22(2)14-6-3-12(4-7-14)18-21-10-15(24-18)11-23-17-8-5-13(20)9-16(17)19/h3-9,15,18,21H,10-11H2,1-2H3/p+1/t15-,18+/m0/s1. The second-order valence-corrected chi connectivity index (χ2v) is 7.31. The summed E-state index contributed by atoms with van der Waals surface area (Å²) in [6.07, 6.45) is 0.0922. The lowest BCUT2D eigenvalue weighted by molar-refractivity contribution is -0.697. The van der Waals surface area contributed by atoms with Crippen molar-refractivity contribution in [2.75, 3.05) is 32.1 Å². The molecule has 1 saturated heterocycles. The molecule has 0 amide bonds. The van der Waals surface area contributed by atoms with Crippen LogP contribution in [0.5, 0.6) is 5.75 Å². The summed E-state index contributed by atoms with van der Waals surface area (Å²) in [5.74, 6) is 0.779. The highest BCUT2D eigenvalue weighted by Gasteiger charge is 2.30. The molecule has 1 aliphatic heterocycles. The molecule has 0 spiro atoms. The smallest absolute Gasteiger partial charge is 0.217 e. The molecular weight excluding hydrogens is 392 g/mol. The molecule has 3 rings (SSSR count). The minimum Gasteiger partial charge on any atom is -0.489 e. The van der Waals surface area contributed by atoms with Gasteiger partial charge in [-0.25, -0.2) is 0 Å². The molecule has 1 aliphatic rings. The average Bonchev–Trinajstić information content (AvgIpc) is 3.03. The normalized spacial score (nSPS) is 20.2. The van der Waals surface area contributed by atoms with E-state index in [2.05, 4.69) is 50.4 Å². The van der Waals surface area contributed by atoms with Crippen molar-refractivity contribution in [2.24, 2.45) is 0 Å². The molecule has 1 heterocycles. The first-order valence-corrected chi connectivity index (χ1v) is 9.04. The maximum absolute atomic E-state index is 6.10. The minimum absolute atomic E-state index is 0.0310. The van der Waals surface area contributed by atoms with E-state index < -0.39 is 0 Å². The molecule has 0 radical (unpaired) electrons. The van der Waals surface area contributed by atoms with Crippen LogP contribution in [0.2, 0.25) is 5.02 Å². The first-order chi connectivity index (χ1) is 11.5. The van der Waals surface area contributed by atoms with Gasteiger partial charge in [-0.3, -0.25) is 0 Å². The van der Waals surface area contributed by atoms with E-state index >= 15 is 0 Å². The van der Waals surface area contributed by atoms with Gasteiger partial charge < -0.3 is 19.7 Å². The van der Waals surface area contributed by atoms with Crippen molar-refractivity contribution in [3.8, 4) is 5.75 Å². The van der Waals surface area contributed by atoms with Crippen LogP contribution in [0.3, 0.4) is 0 Å². The molecule has 24 heavy (non-hydrogen) atoms. The van der Waals surface area contributed by atoms with E-state index in [4.69, 9.17) is 21.1 Å². The van der Waals surface area contributed by atoms with E-state index in [1.807, 2.05) is 32.3 Å². The lowest BCUT2D eigenvalue weighted by Gasteiger charge is -2.14. The van der Waals surface area contributed by atoms with Crippen molar-refractivity contribution in [1.29, 1.82) is 0 Å². The van der Waals surface area contributed by atoms with Crippen LogP contribution in [0.1, 0.15) is 11.8 Å². The summed E-state index contributed by atoms with van der Waals surface area (Å²) in [7, 11) is 4.07. The van der Waals surface area contributed by atoms with Gasteiger partial charge in [-0.15, -0.1) is 0 Å². The van der Waals surface area contributed by atoms with Crippen LogP contribution in [0, 0.1) is 0 Å². The first-order valence-electron chi connectivity index (χ1n) is 7.87. The fourth-order valence-corrected chi connectivity index (χ4v) is 3.45. The number of nitrogens with zero attached hydrogens (tertiary/aromatic N) is 1. The van der Waals surface area contributed by atoms with E-state index in [-0.39, 0.29) is 12.3 Å². The molecule has 2 atom stereocenters. The average molecular weight is 413 g/mol. The fourth-order valence-electron chi connectivity index (χ4n) is 2.65. The Morgan fingerprint density at radius 1 is 1.25 bits per heavy atom. The quantitative estimate of drug-likeness (QED) is 0.819. The molecule has 0 aromatic heterocycles. The van der Waals surface area contributed by atoms with Crippen molar-refractivity contribution < 1.29 is 14.8 Å². The highest BCUT2D eigenvalue weighted by molar-refractivity contribution is 9.10. The van der Waals surface area contributed by atoms with Gasteiger partial charge >= 0.3 is 0 Å². The topological polar surface area (TPSA) is 38.3 Å². The predicted octanol–water partition coefficient (Wildman–Crippen LogP) is 3.21. The lowest BCUT2D eigenvalue weighted by atomic mass is 10.2. The van der Waals surface area contributed by atoms with Gasteiger partial charge in [-0.2, -0.15) is 0 Å². The van der Waals surface area contributed by atoms with E-state index in [0.29, 0.717) is 11.6 Å². The van der Waals surface area contributed by atoms with Crippen molar-refractivity contribution >= 4 is 33.2 Å². The van der Waals surface area contributed by atoms with Crippen LogP contribution >= 0.6 is 27.5 Å². The number of ether oxygens (including phenoxy) is 2. The van der Waals surface area contributed by atoms with Crippen LogP contribution in [0.15, 0.2) is 46.9 Å². The fraction of sp³-hybridized carbons (Fsp3) is 0.333. The zero-order valence-corrected chi connectivity index (χ0v) is 16.0. The lowest BCUT2D eigenvalue weighted by Crippen LogP contribution is -2.82. The number of quaternary nitrogens is 1. The summed E-state index contributed by atoms with van der Waals surface area (Å²) in [4.78, 5) is 2.09. The maximum atomic E-state index is 6.10. The van der Waals surface area contributed by atoms with Crippen molar-refractivity contribution in [3.63, 3.8) is 0 Å². The van der Waals surface area contributed by atoms with Crippen LogP contribution < -0.4 is 15.0 Å². The van der Waals surface area contributed by atoms with Gasteiger partial charge in [-0.1, -0.05) is 11.6 Å². The van der Waals surface area contributed by atoms with Gasteiger partial charge in [0.25, 0.3) is 0 Å². The summed E-state index contributed by atoms with van der Waals surface area (Å²) < 4.78 is 12.8. The Kier molecular flexibility index (Phi) is 5.66. The molecule has 1 fully saturated rings. The molecule has 6 heteroatoms. The van der Waals surface area contributed by atoms with Crippen molar-refractivity contribution in [3.05, 3.63) is 57.5 Å². The van der Waals surface area contributed by atoms with Gasteiger partial charge in [0.05, 0.1) is 4.47 Å². The Balaban J connectivity index is 1.55. The summed E-state index contributed by atoms with van der Waals surface area (Å²) in [6, 6.07) is 14.0. The zero-order chi connectivity index (χ0) is 17.1. The largest absolute Gasteiger partial charge is 0.489 e. The predicted molar refractivity (Wildman–Crippen MR) is 99.8 cm³/mol. The van der Waals surface area contributed by atoms with E-state index in [1.165, 1.54) is 11.3 Å². The first kappa shape index (κ1) is 17.5. The number of hydrogen-bond acceptors (Lipinski definition) is 3. The zero-order valence-electron chi connectivity index (χ0n) is 13.7. The Morgan fingerprint density at radius 2 is 2.00 bits per heavy atom. The number of hydrogen-bond donors (Lipinski definition) is 1. The Labute approximate surface area is 155 Å². The molecule has 2 N–H and O–H groups in total. The monoisotopic (exact) mass is 411 g/mol. The maximum Gasteiger partial charge on any atom is 0.217 e. The summed E-state index contributed by atoms with van der Waals surface area (Å²) in [5.41, 5.74) is 2.36. The Bertz CT molecular complexity index is 694. The van der Waals surface area contributed by atoms with Gasteiger partial charge in [-0.05, 0) is 58.4 Å². The van der Waals surface area contributed by atoms with Gasteiger partial charge in [0.2, 0.25) is 6.23 Å². The molecular formula is C18H21BrClN2O2+. The second-order valence-electron chi connectivity index (χ2n) is 6.02. The Morgan fingerprint density at radius 3 is 2.67 bits per heavy atom. The molecule has 128 valence electrons. The molecule has 0 bridgehead atoms. The van der Waals surface area contributed by atoms with Gasteiger partial charge in [0, 0.05) is 30.4 Å². The summed E-state index contributed by atoms with van der Waals surface area (Å²) >= 11 is 9.41. The van der Waals surface area contributed by atoms with Crippen LogP contribution in [-0.2, 0) is 4.74 Å². The minimum atomic E-state index is 0.0310. The third-order valence-electron chi connectivity index (χ3n) is 4.01. The van der Waals surface area contributed by atoms with Gasteiger partial charge in [0.1, 0.15) is 25.0 Å². The third-order valence-corrected chi connectivity index (χ3v) is 4.86. The van der Waals surface area contributed by atoms with Crippen LogP contribution in [0.4, 0.5) is 5.69 Å². The number of halogens is 2. The number of benzene rings is 2. The van der Waals surface area contributed by atoms with Crippen LogP contribution in [0.25, 0.3) is 0 Å². The molecule has 4 nitrogen and oxygen atoms in total. The highest BCUT2D eigenvalue weighted by atomic mass is 79.9. The molecule has 0 saturated carbocycles. The van der Waals surface area contributed by atoms with E-state index in [0.717, 1.165) is 16.8 Å². The van der Waals surface area contributed by atoms with E-state index in [9.17, 15) is 0 Å². The molecule has 2 aromatic carbocycles. The number of nitrogens with two attached hydrogens (primary N) is 1. The molecule has 0 aliphatic carbocycles. The van der Waals surface area contributed by atoms with E-state index in [1.54, 1.807) is 0 Å². The number of rotatable bonds is 5. The molecule has 2 aromatic rings. The van der Waals surface area contributed by atoms with Crippen molar-refractivity contribution in [2.45, 2.75) is 12.3 Å². The summed E-state index contributed by atoms with van der Waals surface area (Å²) in [5, 5.41) is 2.89. The SMILES string of the molecule is CN(C)c1ccc([C@@H]2[NH2+]C[C@@H](COc3ccc(Cl)cc3Br)O2)cc1. The molecule has 0 unspecified atom stereocenters. The van der Waals surface area contributed by atoms with Crippen molar-refractivity contribution in [1.82, 2.24) is 0 Å². The van der Waals surface area contributed by atoms with Gasteiger partial charge in [0.15, 0.2) is 0 Å². The highest BCUT2D eigenvalue weighted by Crippen LogP contribution is 2.28.